The van der Waals surface area contributed by atoms with Gasteiger partial charge < -0.3 is 10.5 Å². The van der Waals surface area contributed by atoms with Gasteiger partial charge in [0.2, 0.25) is 0 Å². The van der Waals surface area contributed by atoms with Gasteiger partial charge in [-0.3, -0.25) is 0 Å². The highest BCUT2D eigenvalue weighted by Crippen LogP contribution is 2.36. The summed E-state index contributed by atoms with van der Waals surface area (Å²) in [5.41, 5.74) is 5.29. The van der Waals surface area contributed by atoms with Gasteiger partial charge in [-0.2, -0.15) is 13.2 Å². The summed E-state index contributed by atoms with van der Waals surface area (Å²) in [5.74, 6) is -0.159. The first-order chi connectivity index (χ1) is 6.99. The first-order valence-electron chi connectivity index (χ1n) is 4.43. The second-order valence-corrected chi connectivity index (χ2v) is 3.07. The molecule has 0 aromatic heterocycles. The van der Waals surface area contributed by atoms with Crippen LogP contribution in [0, 0.1) is 0 Å². The van der Waals surface area contributed by atoms with Crippen LogP contribution in [0.3, 0.4) is 0 Å². The van der Waals surface area contributed by atoms with Crippen molar-refractivity contribution in [3.05, 3.63) is 29.3 Å². The lowest BCUT2D eigenvalue weighted by molar-refractivity contribution is -0.138. The number of methoxy groups -OCH3 is 1. The smallest absolute Gasteiger partial charge is 0.419 e. The summed E-state index contributed by atoms with van der Waals surface area (Å²) in [7, 11) is 1.22. The van der Waals surface area contributed by atoms with Crippen molar-refractivity contribution >= 4 is 0 Å². The lowest BCUT2D eigenvalue weighted by atomic mass is 10.1. The molecule has 5 heteroatoms. The van der Waals surface area contributed by atoms with Gasteiger partial charge in [-0.1, -0.05) is 6.07 Å². The summed E-state index contributed by atoms with van der Waals surface area (Å²) in [5, 5.41) is 0. The number of alkyl halides is 3. The minimum absolute atomic E-state index is 0.159. The maximum atomic E-state index is 12.4. The molecule has 1 aromatic rings. The van der Waals surface area contributed by atoms with E-state index in [-0.39, 0.29) is 5.75 Å². The van der Waals surface area contributed by atoms with Crippen LogP contribution in [0.2, 0.25) is 0 Å². The van der Waals surface area contributed by atoms with E-state index in [4.69, 9.17) is 10.5 Å². The Hall–Kier alpha value is -1.23. The first kappa shape index (κ1) is 11.8. The number of halogens is 3. The van der Waals surface area contributed by atoms with E-state index in [0.29, 0.717) is 13.0 Å². The Kier molecular flexibility index (Phi) is 3.57. The quantitative estimate of drug-likeness (QED) is 0.845. The van der Waals surface area contributed by atoms with E-state index in [2.05, 4.69) is 0 Å². The third-order valence-electron chi connectivity index (χ3n) is 2.00. The van der Waals surface area contributed by atoms with E-state index in [1.165, 1.54) is 19.2 Å². The van der Waals surface area contributed by atoms with Crippen molar-refractivity contribution < 1.29 is 17.9 Å². The number of ether oxygens (including phenoxy) is 1. The van der Waals surface area contributed by atoms with E-state index in [9.17, 15) is 13.2 Å². The molecule has 0 radical (unpaired) electrons. The summed E-state index contributed by atoms with van der Waals surface area (Å²) < 4.78 is 42.0. The molecule has 0 unspecified atom stereocenters. The molecule has 84 valence electrons. The fraction of sp³-hybridized carbons (Fsp3) is 0.400. The van der Waals surface area contributed by atoms with E-state index < -0.39 is 11.7 Å². The van der Waals surface area contributed by atoms with Gasteiger partial charge >= 0.3 is 6.18 Å². The molecule has 0 saturated carbocycles. The molecule has 15 heavy (non-hydrogen) atoms. The summed E-state index contributed by atoms with van der Waals surface area (Å²) in [6, 6.07) is 3.80. The Morgan fingerprint density at radius 3 is 2.47 bits per heavy atom. The SMILES string of the molecule is COc1cc(CCN)ccc1C(F)(F)F. The minimum Gasteiger partial charge on any atom is -0.496 e. The maximum Gasteiger partial charge on any atom is 0.419 e. The van der Waals surface area contributed by atoms with Crippen LogP contribution in [0.15, 0.2) is 18.2 Å². The van der Waals surface area contributed by atoms with E-state index in [1.807, 2.05) is 0 Å². The molecule has 1 rings (SSSR count). The highest BCUT2D eigenvalue weighted by molar-refractivity contribution is 5.39. The van der Waals surface area contributed by atoms with E-state index >= 15 is 0 Å². The molecule has 0 saturated heterocycles. The van der Waals surface area contributed by atoms with Gasteiger partial charge in [0.05, 0.1) is 12.7 Å². The Balaban J connectivity index is 3.09. The highest BCUT2D eigenvalue weighted by Gasteiger charge is 2.34. The highest BCUT2D eigenvalue weighted by atomic mass is 19.4. The number of rotatable bonds is 3. The number of hydrogen-bond acceptors (Lipinski definition) is 2. The van der Waals surface area contributed by atoms with Gasteiger partial charge in [-0.25, -0.2) is 0 Å². The van der Waals surface area contributed by atoms with Gasteiger partial charge in [0.25, 0.3) is 0 Å². The second-order valence-electron chi connectivity index (χ2n) is 3.07. The topological polar surface area (TPSA) is 35.2 Å². The van der Waals surface area contributed by atoms with Crippen LogP contribution in [0.4, 0.5) is 13.2 Å². The predicted molar refractivity (Wildman–Crippen MR) is 50.8 cm³/mol. The van der Waals surface area contributed by atoms with E-state index in [0.717, 1.165) is 11.6 Å². The predicted octanol–water partition coefficient (Wildman–Crippen LogP) is 2.22. The van der Waals surface area contributed by atoms with Crippen molar-refractivity contribution in [3.8, 4) is 5.75 Å². The van der Waals surface area contributed by atoms with Crippen molar-refractivity contribution in [3.63, 3.8) is 0 Å². The van der Waals surface area contributed by atoms with E-state index in [1.54, 1.807) is 0 Å². The monoisotopic (exact) mass is 219 g/mol. The lowest BCUT2D eigenvalue weighted by Gasteiger charge is -2.12. The summed E-state index contributed by atoms with van der Waals surface area (Å²) in [6.45, 7) is 0.397. The van der Waals surface area contributed by atoms with Gasteiger partial charge in [-0.15, -0.1) is 0 Å². The summed E-state index contributed by atoms with van der Waals surface area (Å²) in [4.78, 5) is 0. The zero-order chi connectivity index (χ0) is 11.5. The number of benzene rings is 1. The molecule has 0 atom stereocenters. The Morgan fingerprint density at radius 2 is 2.00 bits per heavy atom. The van der Waals surface area contributed by atoms with Crippen molar-refractivity contribution in [2.45, 2.75) is 12.6 Å². The Morgan fingerprint density at radius 1 is 1.33 bits per heavy atom. The zero-order valence-electron chi connectivity index (χ0n) is 8.27. The molecule has 2 nitrogen and oxygen atoms in total. The molecule has 0 spiro atoms. The van der Waals surface area contributed by atoms with Crippen molar-refractivity contribution in [2.24, 2.45) is 5.73 Å². The third-order valence-corrected chi connectivity index (χ3v) is 2.00. The average Bonchev–Trinajstić information content (AvgIpc) is 2.16. The second kappa shape index (κ2) is 4.53. The standard InChI is InChI=1S/C10H12F3NO/c1-15-9-6-7(4-5-14)2-3-8(9)10(11,12)13/h2-3,6H,4-5,14H2,1H3. The summed E-state index contributed by atoms with van der Waals surface area (Å²) in [6.07, 6.45) is -3.85. The molecule has 0 aliphatic carbocycles. The normalized spacial score (nSPS) is 11.5. The molecule has 0 fully saturated rings. The molecule has 0 bridgehead atoms. The minimum atomic E-state index is -4.38. The van der Waals surface area contributed by atoms with Crippen LogP contribution >= 0.6 is 0 Å². The van der Waals surface area contributed by atoms with Crippen LogP contribution < -0.4 is 10.5 Å². The zero-order valence-corrected chi connectivity index (χ0v) is 8.27. The number of hydrogen-bond donors (Lipinski definition) is 1. The van der Waals surface area contributed by atoms with Gasteiger partial charge in [-0.05, 0) is 30.7 Å². The lowest BCUT2D eigenvalue weighted by Crippen LogP contribution is -2.09. The number of nitrogens with two attached hydrogens (primary N) is 1. The fourth-order valence-electron chi connectivity index (χ4n) is 1.29. The molecule has 2 N–H and O–H groups in total. The maximum absolute atomic E-state index is 12.4. The molecule has 0 aliphatic heterocycles. The van der Waals surface area contributed by atoms with Gasteiger partial charge in [0.1, 0.15) is 5.75 Å². The molecular formula is C10H12F3NO. The van der Waals surface area contributed by atoms with Crippen LogP contribution in [0.5, 0.6) is 5.75 Å². The van der Waals surface area contributed by atoms with Gasteiger partial charge in [0.15, 0.2) is 0 Å². The molecule has 0 amide bonds. The van der Waals surface area contributed by atoms with Crippen molar-refractivity contribution in [1.29, 1.82) is 0 Å². The van der Waals surface area contributed by atoms with Crippen LogP contribution in [-0.2, 0) is 12.6 Å². The fourth-order valence-corrected chi connectivity index (χ4v) is 1.29. The van der Waals surface area contributed by atoms with Crippen LogP contribution in [-0.4, -0.2) is 13.7 Å². The van der Waals surface area contributed by atoms with Crippen LogP contribution in [0.1, 0.15) is 11.1 Å². The van der Waals surface area contributed by atoms with Crippen molar-refractivity contribution in [1.82, 2.24) is 0 Å². The molecule has 0 aliphatic rings. The Bertz CT molecular complexity index is 336. The molecule has 1 aromatic carbocycles. The third kappa shape index (κ3) is 2.86. The Labute approximate surface area is 85.8 Å². The largest absolute Gasteiger partial charge is 0.496 e. The van der Waals surface area contributed by atoms with Gasteiger partial charge in [0, 0.05) is 0 Å². The molecule has 0 heterocycles. The van der Waals surface area contributed by atoms with Crippen molar-refractivity contribution in [2.75, 3.05) is 13.7 Å². The summed E-state index contributed by atoms with van der Waals surface area (Å²) >= 11 is 0. The average molecular weight is 219 g/mol. The molecular weight excluding hydrogens is 207 g/mol. The van der Waals surface area contributed by atoms with Crippen LogP contribution in [0.25, 0.3) is 0 Å². The first-order valence-corrected chi connectivity index (χ1v) is 4.43.